The predicted molar refractivity (Wildman–Crippen MR) is 87.7 cm³/mol. The number of ether oxygens (including phenoxy) is 1. The molecule has 0 saturated carbocycles. The molecule has 2 heterocycles. The molecule has 120 valence electrons. The summed E-state index contributed by atoms with van der Waals surface area (Å²) < 4.78 is 4.88. The minimum absolute atomic E-state index is 0.00649. The fourth-order valence-electron chi connectivity index (χ4n) is 2.74. The third kappa shape index (κ3) is 2.79. The molecule has 0 atom stereocenters. The molecular formula is C14H13BCl2N2O4. The van der Waals surface area contributed by atoms with Crippen molar-refractivity contribution in [3.63, 3.8) is 0 Å². The summed E-state index contributed by atoms with van der Waals surface area (Å²) in [7, 11) is -0.276. The maximum absolute atomic E-state index is 12.0. The van der Waals surface area contributed by atoms with Gasteiger partial charge < -0.3 is 19.7 Å². The number of carbonyl (C=O) groups excluding carboxylic acids is 1. The summed E-state index contributed by atoms with van der Waals surface area (Å²) in [5.74, 6) is -0.126. The van der Waals surface area contributed by atoms with E-state index in [0.29, 0.717) is 24.0 Å². The van der Waals surface area contributed by atoms with Crippen molar-refractivity contribution >= 4 is 52.6 Å². The first kappa shape index (κ1) is 16.5. The first-order valence-electron chi connectivity index (χ1n) is 6.85. The van der Waals surface area contributed by atoms with Crippen molar-refractivity contribution < 1.29 is 19.6 Å². The number of benzene rings is 1. The van der Waals surface area contributed by atoms with Crippen molar-refractivity contribution in [1.29, 1.82) is 0 Å². The van der Waals surface area contributed by atoms with Gasteiger partial charge in [0.05, 0.1) is 15.6 Å². The number of pyridine rings is 1. The molecule has 2 aromatic rings. The van der Waals surface area contributed by atoms with Crippen LogP contribution < -0.4 is 5.46 Å². The van der Waals surface area contributed by atoms with Crippen LogP contribution in [0, 0.1) is 0 Å². The highest BCUT2D eigenvalue weighted by molar-refractivity contribution is 6.65. The van der Waals surface area contributed by atoms with Crippen LogP contribution in [0.4, 0.5) is 0 Å². The first-order chi connectivity index (χ1) is 10.9. The van der Waals surface area contributed by atoms with Crippen molar-refractivity contribution in [2.75, 3.05) is 13.7 Å². The lowest BCUT2D eigenvalue weighted by Crippen LogP contribution is -2.31. The third-order valence-electron chi connectivity index (χ3n) is 3.88. The quantitative estimate of drug-likeness (QED) is 0.793. The Morgan fingerprint density at radius 2 is 2.13 bits per heavy atom. The Bertz CT molecular complexity index is 800. The smallest absolute Gasteiger partial charge is 0.423 e. The molecule has 1 aromatic carbocycles. The summed E-state index contributed by atoms with van der Waals surface area (Å²) in [5, 5.41) is 19.8. The number of carbonyl (C=O) groups is 1. The summed E-state index contributed by atoms with van der Waals surface area (Å²) in [6, 6.07) is 1.56. The Morgan fingerprint density at radius 3 is 2.78 bits per heavy atom. The van der Waals surface area contributed by atoms with Crippen LogP contribution in [0.15, 0.2) is 12.3 Å². The highest BCUT2D eigenvalue weighted by Crippen LogP contribution is 2.34. The molecule has 2 N–H and O–H groups in total. The van der Waals surface area contributed by atoms with Crippen LogP contribution in [0.5, 0.6) is 0 Å². The molecule has 0 fully saturated rings. The molecule has 0 spiro atoms. The number of hydrogen-bond acceptors (Lipinski definition) is 5. The maximum Gasteiger partial charge on any atom is 0.490 e. The molecule has 3 rings (SSSR count). The van der Waals surface area contributed by atoms with Gasteiger partial charge in [0.15, 0.2) is 0 Å². The fraction of sp³-hybridized carbons (Fsp3) is 0.286. The van der Waals surface area contributed by atoms with E-state index in [4.69, 9.17) is 27.9 Å². The van der Waals surface area contributed by atoms with Crippen LogP contribution in [-0.2, 0) is 22.6 Å². The van der Waals surface area contributed by atoms with Gasteiger partial charge in [0, 0.05) is 37.2 Å². The Labute approximate surface area is 142 Å². The number of nitrogens with zero attached hydrogens (tertiary/aromatic N) is 2. The van der Waals surface area contributed by atoms with Crippen LogP contribution >= 0.6 is 23.2 Å². The second-order valence-corrected chi connectivity index (χ2v) is 6.06. The number of aromatic nitrogens is 1. The van der Waals surface area contributed by atoms with Crippen molar-refractivity contribution in [3.8, 4) is 0 Å². The Balaban J connectivity index is 2.12. The summed E-state index contributed by atoms with van der Waals surface area (Å²) in [5.41, 5.74) is 2.35. The molecule has 1 aromatic heterocycles. The van der Waals surface area contributed by atoms with E-state index >= 15 is 0 Å². The zero-order chi connectivity index (χ0) is 16.7. The maximum atomic E-state index is 12.0. The second-order valence-electron chi connectivity index (χ2n) is 5.31. The minimum atomic E-state index is -1.74. The molecule has 0 aliphatic carbocycles. The SMILES string of the molecule is COCC(=O)N1Cc2cnc3c(Cl)c(Cl)c(B(O)O)cc3c2C1. The van der Waals surface area contributed by atoms with E-state index in [1.165, 1.54) is 7.11 Å². The number of amides is 1. The van der Waals surface area contributed by atoms with Crippen LogP contribution in [0.2, 0.25) is 10.0 Å². The van der Waals surface area contributed by atoms with Crippen molar-refractivity contribution in [1.82, 2.24) is 9.88 Å². The van der Waals surface area contributed by atoms with E-state index < -0.39 is 7.12 Å². The zero-order valence-corrected chi connectivity index (χ0v) is 13.7. The minimum Gasteiger partial charge on any atom is -0.423 e. The fourth-order valence-corrected chi connectivity index (χ4v) is 3.24. The van der Waals surface area contributed by atoms with Crippen molar-refractivity contribution in [2.45, 2.75) is 13.1 Å². The van der Waals surface area contributed by atoms with E-state index in [1.54, 1.807) is 17.2 Å². The standard InChI is InChI=1S/C14H13BCl2N2O4/c1-23-6-11(20)19-4-7-3-18-14-8(9(7)5-19)2-10(15(21)22)12(16)13(14)17/h2-3,21-22H,4-6H2,1H3. The molecule has 0 bridgehead atoms. The van der Waals surface area contributed by atoms with Crippen LogP contribution in [0.3, 0.4) is 0 Å². The average molecular weight is 355 g/mol. The van der Waals surface area contributed by atoms with E-state index in [1.807, 2.05) is 0 Å². The lowest BCUT2D eigenvalue weighted by Gasteiger charge is -2.14. The Hall–Kier alpha value is -1.38. The van der Waals surface area contributed by atoms with E-state index in [0.717, 1.165) is 11.1 Å². The number of hydrogen-bond donors (Lipinski definition) is 2. The van der Waals surface area contributed by atoms with E-state index in [-0.39, 0.29) is 28.0 Å². The Morgan fingerprint density at radius 1 is 1.39 bits per heavy atom. The number of methoxy groups -OCH3 is 1. The highest BCUT2D eigenvalue weighted by atomic mass is 35.5. The molecule has 1 aliphatic rings. The zero-order valence-electron chi connectivity index (χ0n) is 12.2. The summed E-state index contributed by atoms with van der Waals surface area (Å²) in [4.78, 5) is 17.9. The highest BCUT2D eigenvalue weighted by Gasteiger charge is 2.28. The molecule has 0 unspecified atom stereocenters. The Kier molecular flexibility index (Phi) is 4.49. The number of halogens is 2. The van der Waals surface area contributed by atoms with Crippen LogP contribution in [-0.4, -0.2) is 46.7 Å². The largest absolute Gasteiger partial charge is 0.490 e. The van der Waals surface area contributed by atoms with Gasteiger partial charge in [0.2, 0.25) is 5.91 Å². The molecule has 6 nitrogen and oxygen atoms in total. The van der Waals surface area contributed by atoms with Crippen molar-refractivity contribution in [2.24, 2.45) is 0 Å². The monoisotopic (exact) mass is 354 g/mol. The van der Waals surface area contributed by atoms with Gasteiger partial charge in [-0.15, -0.1) is 0 Å². The van der Waals surface area contributed by atoms with E-state index in [2.05, 4.69) is 4.98 Å². The molecule has 1 aliphatic heterocycles. The summed E-state index contributed by atoms with van der Waals surface area (Å²) in [6.07, 6.45) is 1.66. The van der Waals surface area contributed by atoms with Gasteiger partial charge in [0.1, 0.15) is 6.61 Å². The molecule has 1 amide bonds. The van der Waals surface area contributed by atoms with Gasteiger partial charge in [-0.2, -0.15) is 0 Å². The van der Waals surface area contributed by atoms with Gasteiger partial charge in [0.25, 0.3) is 0 Å². The number of rotatable bonds is 3. The van der Waals surface area contributed by atoms with Crippen LogP contribution in [0.25, 0.3) is 10.9 Å². The molecule has 0 radical (unpaired) electrons. The molecule has 23 heavy (non-hydrogen) atoms. The molecule has 9 heteroatoms. The summed E-state index contributed by atoms with van der Waals surface area (Å²) >= 11 is 12.3. The van der Waals surface area contributed by atoms with Gasteiger partial charge in [-0.3, -0.25) is 9.78 Å². The topological polar surface area (TPSA) is 82.9 Å². The van der Waals surface area contributed by atoms with Crippen LogP contribution in [0.1, 0.15) is 11.1 Å². The van der Waals surface area contributed by atoms with E-state index in [9.17, 15) is 14.8 Å². The molecule has 0 saturated heterocycles. The molecular weight excluding hydrogens is 342 g/mol. The first-order valence-corrected chi connectivity index (χ1v) is 7.60. The third-order valence-corrected chi connectivity index (χ3v) is 4.75. The van der Waals surface area contributed by atoms with Gasteiger partial charge in [-0.25, -0.2) is 0 Å². The van der Waals surface area contributed by atoms with Gasteiger partial charge in [-0.1, -0.05) is 29.3 Å². The van der Waals surface area contributed by atoms with Crippen molar-refractivity contribution in [3.05, 3.63) is 33.4 Å². The summed E-state index contributed by atoms with van der Waals surface area (Å²) in [6.45, 7) is 0.819. The normalized spacial score (nSPS) is 13.5. The second kappa shape index (κ2) is 6.26. The van der Waals surface area contributed by atoms with Gasteiger partial charge in [-0.05, 0) is 11.1 Å². The van der Waals surface area contributed by atoms with Gasteiger partial charge >= 0.3 is 7.12 Å². The number of fused-ring (bicyclic) bond motifs is 3. The lowest BCUT2D eigenvalue weighted by molar-refractivity contribution is -0.135. The lowest BCUT2D eigenvalue weighted by atomic mass is 9.79. The predicted octanol–water partition coefficient (Wildman–Crippen LogP) is 0.710. The average Bonchev–Trinajstić information content (AvgIpc) is 2.95.